The van der Waals surface area contributed by atoms with Gasteiger partial charge in [0.2, 0.25) is 0 Å². The first kappa shape index (κ1) is 36.0. The highest BCUT2D eigenvalue weighted by Gasteiger charge is 2.20. The van der Waals surface area contributed by atoms with Gasteiger partial charge in [-0.3, -0.25) is 9.44 Å². The molecular weight excluding hydrogens is 729 g/mol. The third-order valence-corrected chi connectivity index (χ3v) is 10.6. The molecule has 0 heterocycles. The van der Waals surface area contributed by atoms with E-state index in [0.29, 0.717) is 10.8 Å². The van der Waals surface area contributed by atoms with Gasteiger partial charge in [-0.15, -0.1) is 0 Å². The Kier molecular flexibility index (Phi) is 9.53. The number of anilines is 4. The summed E-state index contributed by atoms with van der Waals surface area (Å²) in [5.74, 6) is -2.43. The Bertz CT molecular complexity index is 2670. The van der Waals surface area contributed by atoms with Crippen LogP contribution in [-0.2, 0) is 24.8 Å². The summed E-state index contributed by atoms with van der Waals surface area (Å²) in [6, 6.07) is 23.5. The fraction of sp³-hybridized carbons (Fsp3) is 0.0278. The van der Waals surface area contributed by atoms with Crippen LogP contribution in [0.5, 0.6) is 11.5 Å². The maximum absolute atomic E-state index is 13.2. The van der Waals surface area contributed by atoms with Gasteiger partial charge in [0.25, 0.3) is 20.0 Å². The van der Waals surface area contributed by atoms with E-state index in [-0.39, 0.29) is 65.9 Å². The van der Waals surface area contributed by atoms with Gasteiger partial charge in [-0.25, -0.2) is 31.2 Å². The predicted molar refractivity (Wildman–Crippen MR) is 197 cm³/mol. The van der Waals surface area contributed by atoms with Crippen molar-refractivity contribution in [2.24, 2.45) is 0 Å². The predicted octanol–water partition coefficient (Wildman–Crippen LogP) is 6.13. The summed E-state index contributed by atoms with van der Waals surface area (Å²) in [5.41, 5.74) is 0.928. The summed E-state index contributed by atoms with van der Waals surface area (Å²) in [7, 11) is -7.20. The topological polar surface area (TPSA) is 238 Å². The van der Waals surface area contributed by atoms with Crippen molar-refractivity contribution in [3.63, 3.8) is 0 Å². The molecule has 6 aromatic rings. The first-order valence-electron chi connectivity index (χ1n) is 15.3. The quantitative estimate of drug-likeness (QED) is 0.0784. The van der Waals surface area contributed by atoms with E-state index in [9.17, 15) is 41.4 Å². The molecule has 6 aromatic carbocycles. The number of phenolic OH excluding ortho intramolecular Hbond substituents is 2. The van der Waals surface area contributed by atoms with Crippen LogP contribution in [0.15, 0.2) is 119 Å². The van der Waals surface area contributed by atoms with Gasteiger partial charge in [-0.1, -0.05) is 0 Å². The van der Waals surface area contributed by atoms with E-state index in [1.165, 1.54) is 104 Å². The lowest BCUT2D eigenvalue weighted by molar-refractivity contribution is 0.0599. The van der Waals surface area contributed by atoms with Crippen molar-refractivity contribution in [1.82, 2.24) is 0 Å². The summed E-state index contributed by atoms with van der Waals surface area (Å²) >= 11 is 0. The van der Waals surface area contributed by atoms with Crippen LogP contribution in [0.2, 0.25) is 0 Å². The minimum atomic E-state index is -4.22. The number of esters is 1. The van der Waals surface area contributed by atoms with Crippen LogP contribution in [-0.4, -0.2) is 57.2 Å². The van der Waals surface area contributed by atoms with Crippen molar-refractivity contribution in [1.29, 1.82) is 0 Å². The summed E-state index contributed by atoms with van der Waals surface area (Å²) in [4.78, 5) is 35.2. The van der Waals surface area contributed by atoms with Crippen LogP contribution < -0.4 is 20.1 Å². The maximum Gasteiger partial charge on any atom is 0.337 e. The van der Waals surface area contributed by atoms with Gasteiger partial charge in [0.1, 0.15) is 11.5 Å². The minimum Gasteiger partial charge on any atom is -0.507 e. The summed E-state index contributed by atoms with van der Waals surface area (Å²) in [5, 5.41) is 36.7. The van der Waals surface area contributed by atoms with Gasteiger partial charge >= 0.3 is 18.0 Å². The van der Waals surface area contributed by atoms with Crippen molar-refractivity contribution < 1.29 is 51.3 Å². The molecule has 0 saturated heterocycles. The third-order valence-electron chi connectivity index (χ3n) is 7.89. The van der Waals surface area contributed by atoms with Crippen LogP contribution >= 0.6 is 0 Å². The number of methoxy groups -OCH3 is 1. The van der Waals surface area contributed by atoms with E-state index in [4.69, 9.17) is 5.11 Å². The smallest absolute Gasteiger partial charge is 0.337 e. The molecule has 0 atom stereocenters. The largest absolute Gasteiger partial charge is 0.507 e. The summed E-state index contributed by atoms with van der Waals surface area (Å²) < 4.78 is 61.9. The Morgan fingerprint density at radius 3 is 1.34 bits per heavy atom. The summed E-state index contributed by atoms with van der Waals surface area (Å²) in [6.07, 6.45) is 0. The van der Waals surface area contributed by atoms with E-state index >= 15 is 0 Å². The van der Waals surface area contributed by atoms with Crippen LogP contribution in [0.3, 0.4) is 0 Å². The second-order valence-corrected chi connectivity index (χ2v) is 14.9. The van der Waals surface area contributed by atoms with Gasteiger partial charge in [-0.05, 0) is 108 Å². The van der Waals surface area contributed by atoms with Crippen LogP contribution in [0, 0.1) is 0 Å². The van der Waals surface area contributed by atoms with E-state index < -0.39 is 38.0 Å². The number of amides is 2. The number of benzene rings is 6. The Balaban J connectivity index is 1.18. The number of rotatable bonds is 10. The molecule has 17 heteroatoms. The number of nitrogens with one attached hydrogen (secondary N) is 4. The molecule has 15 nitrogen and oxygen atoms in total. The highest BCUT2D eigenvalue weighted by Crippen LogP contribution is 2.33. The number of carboxylic acid groups (broad SMARTS) is 1. The Hall–Kier alpha value is -6.85. The molecule has 2 amide bonds. The monoisotopic (exact) mass is 756 g/mol. The molecular formula is C36H28N4O11S2. The molecule has 270 valence electrons. The zero-order valence-corrected chi connectivity index (χ0v) is 28.9. The standard InChI is InChI=1S/C36H28N4O11S2/c1-51-35(45)21-4-8-25(9-5-21)40-53(49,50)29-17-23-15-27(11-13-31(23)33(42)19-29)38-36(46)37-26-10-12-30-22(14-26)16-28(18-32(30)41)52(47,48)39-24-6-2-20(3-7-24)34(43)44/h2-19,39-42H,1H3,(H,43,44)(H2,37,38,46). The Labute approximate surface area is 301 Å². The highest BCUT2D eigenvalue weighted by molar-refractivity contribution is 7.93. The van der Waals surface area contributed by atoms with E-state index in [2.05, 4.69) is 24.8 Å². The molecule has 0 saturated carbocycles. The van der Waals surface area contributed by atoms with Crippen molar-refractivity contribution >= 4 is 82.3 Å². The second-order valence-electron chi connectivity index (χ2n) is 11.5. The lowest BCUT2D eigenvalue weighted by Gasteiger charge is -2.13. The normalized spacial score (nSPS) is 11.5. The number of carbonyl (C=O) groups excluding carboxylic acids is 2. The molecule has 0 fully saturated rings. The number of aromatic hydroxyl groups is 2. The first-order valence-corrected chi connectivity index (χ1v) is 18.3. The molecule has 0 radical (unpaired) electrons. The molecule has 0 aliphatic rings. The number of fused-ring (bicyclic) bond motifs is 2. The zero-order chi connectivity index (χ0) is 38.1. The molecule has 0 aliphatic carbocycles. The van der Waals surface area contributed by atoms with Gasteiger partial charge in [0.15, 0.2) is 0 Å². The minimum absolute atomic E-state index is 0.0311. The van der Waals surface area contributed by atoms with Crippen molar-refractivity contribution in [2.45, 2.75) is 9.79 Å². The number of phenols is 2. The van der Waals surface area contributed by atoms with Gasteiger partial charge in [0, 0.05) is 45.7 Å². The molecule has 0 aromatic heterocycles. The number of carboxylic acids is 1. The van der Waals surface area contributed by atoms with Crippen LogP contribution in [0.25, 0.3) is 21.5 Å². The third kappa shape index (κ3) is 7.90. The zero-order valence-electron chi connectivity index (χ0n) is 27.3. The van der Waals surface area contributed by atoms with Crippen molar-refractivity contribution in [3.8, 4) is 11.5 Å². The average Bonchev–Trinajstić information content (AvgIpc) is 3.11. The molecule has 0 bridgehead atoms. The maximum atomic E-state index is 13.2. The van der Waals surface area contributed by atoms with E-state index in [1.54, 1.807) is 0 Å². The SMILES string of the molecule is COC(=O)c1ccc(NS(=O)(=O)c2cc(O)c3ccc(NC(=O)Nc4ccc5c(O)cc(S(=O)(=O)Nc6ccc(C(=O)O)cc6)cc5c4)cc3c2)cc1. The summed E-state index contributed by atoms with van der Waals surface area (Å²) in [6.45, 7) is 0. The Morgan fingerprint density at radius 2 is 0.943 bits per heavy atom. The number of sulfonamides is 2. The fourth-order valence-electron chi connectivity index (χ4n) is 5.31. The highest BCUT2D eigenvalue weighted by atomic mass is 32.2. The first-order chi connectivity index (χ1) is 25.1. The lowest BCUT2D eigenvalue weighted by Crippen LogP contribution is -2.19. The van der Waals surface area contributed by atoms with Crippen LogP contribution in [0.4, 0.5) is 27.5 Å². The van der Waals surface area contributed by atoms with Gasteiger partial charge in [0.05, 0.1) is 28.0 Å². The van der Waals surface area contributed by atoms with Crippen molar-refractivity contribution in [2.75, 3.05) is 27.2 Å². The van der Waals surface area contributed by atoms with Gasteiger partial charge < -0.3 is 30.7 Å². The number of ether oxygens (including phenoxy) is 1. The molecule has 6 rings (SSSR count). The van der Waals surface area contributed by atoms with Crippen LogP contribution in [0.1, 0.15) is 20.7 Å². The second kappa shape index (κ2) is 14.0. The number of hydrogen-bond donors (Lipinski definition) is 7. The fourth-order valence-corrected chi connectivity index (χ4v) is 7.53. The average molecular weight is 757 g/mol. The van der Waals surface area contributed by atoms with E-state index in [0.717, 1.165) is 12.1 Å². The van der Waals surface area contributed by atoms with Gasteiger partial charge in [-0.2, -0.15) is 0 Å². The number of carbonyl (C=O) groups is 3. The number of aromatic carboxylic acids is 1. The molecule has 7 N–H and O–H groups in total. The molecule has 0 unspecified atom stereocenters. The number of urea groups is 1. The molecule has 53 heavy (non-hydrogen) atoms. The number of hydrogen-bond acceptors (Lipinski definition) is 10. The molecule has 0 spiro atoms. The van der Waals surface area contributed by atoms with E-state index in [1.807, 2.05) is 0 Å². The lowest BCUT2D eigenvalue weighted by atomic mass is 10.1. The van der Waals surface area contributed by atoms with Crippen molar-refractivity contribution in [3.05, 3.63) is 120 Å². The molecule has 0 aliphatic heterocycles. The Morgan fingerprint density at radius 1 is 0.547 bits per heavy atom.